The number of benzene rings is 2. The maximum absolute atomic E-state index is 13.3. The summed E-state index contributed by atoms with van der Waals surface area (Å²) in [5, 5.41) is 3.28. The molecule has 1 N–H and O–H groups in total. The fourth-order valence-electron chi connectivity index (χ4n) is 4.28. The van der Waals surface area contributed by atoms with Gasteiger partial charge >= 0.3 is 0 Å². The maximum Gasteiger partial charge on any atom is 0.228 e. The molecule has 152 valence electrons. The molecule has 2 aromatic rings. The van der Waals surface area contributed by atoms with Crippen molar-refractivity contribution in [1.82, 2.24) is 10.2 Å². The van der Waals surface area contributed by atoms with Crippen molar-refractivity contribution in [3.8, 4) is 5.75 Å². The van der Waals surface area contributed by atoms with Gasteiger partial charge in [-0.15, -0.1) is 0 Å². The molecule has 4 rings (SSSR count). The van der Waals surface area contributed by atoms with Gasteiger partial charge in [0.05, 0.1) is 18.6 Å². The van der Waals surface area contributed by atoms with Crippen molar-refractivity contribution in [3.63, 3.8) is 0 Å². The predicted octanol–water partition coefficient (Wildman–Crippen LogP) is 2.61. The lowest BCUT2D eigenvalue weighted by Gasteiger charge is -2.33. The van der Waals surface area contributed by atoms with E-state index in [2.05, 4.69) is 5.32 Å². The summed E-state index contributed by atoms with van der Waals surface area (Å²) in [7, 11) is 0. The van der Waals surface area contributed by atoms with E-state index in [1.807, 2.05) is 66.4 Å². The number of hydrogen-bond acceptors (Lipinski definition) is 4. The fourth-order valence-corrected chi connectivity index (χ4v) is 4.28. The second kappa shape index (κ2) is 8.66. The highest BCUT2D eigenvalue weighted by Crippen LogP contribution is 2.42. The van der Waals surface area contributed by atoms with Gasteiger partial charge in [0.2, 0.25) is 11.8 Å². The molecule has 29 heavy (non-hydrogen) atoms. The van der Waals surface area contributed by atoms with Gasteiger partial charge in [-0.25, -0.2) is 0 Å². The Morgan fingerprint density at radius 3 is 2.41 bits per heavy atom. The molecule has 2 fully saturated rings. The number of ether oxygens (including phenoxy) is 1. The molecule has 2 amide bonds. The normalized spacial score (nSPS) is 22.0. The lowest BCUT2D eigenvalue weighted by atomic mass is 9.92. The Balaban J connectivity index is 1.68. The van der Waals surface area contributed by atoms with Crippen LogP contribution in [0.25, 0.3) is 0 Å². The Morgan fingerprint density at radius 2 is 1.76 bits per heavy atom. The maximum atomic E-state index is 13.3. The zero-order valence-corrected chi connectivity index (χ0v) is 16.7. The van der Waals surface area contributed by atoms with E-state index in [1.54, 1.807) is 4.90 Å². The average Bonchev–Trinajstić information content (AvgIpc) is 3.12. The standard InChI is InChI=1S/C23H27N3O3/c1-2-29-19-10-8-18(9-11-19)26-21(27)16-20(22(26)17-6-4-3-5-7-17)23(28)25-14-12-24-13-15-25/h3-11,20,22,24H,2,12-16H2,1H3/t20-,22+/m0/s1. The van der Waals surface area contributed by atoms with Gasteiger partial charge in [0.25, 0.3) is 0 Å². The molecule has 0 aromatic heterocycles. The Labute approximate surface area is 171 Å². The highest BCUT2D eigenvalue weighted by Gasteiger charge is 2.46. The van der Waals surface area contributed by atoms with Crippen LogP contribution in [0.3, 0.4) is 0 Å². The van der Waals surface area contributed by atoms with Gasteiger partial charge in [-0.3, -0.25) is 9.59 Å². The van der Waals surface area contributed by atoms with Crippen LogP contribution in [0.4, 0.5) is 5.69 Å². The summed E-state index contributed by atoms with van der Waals surface area (Å²) in [5.41, 5.74) is 1.78. The van der Waals surface area contributed by atoms with Crippen molar-refractivity contribution >= 4 is 17.5 Å². The van der Waals surface area contributed by atoms with E-state index in [0.29, 0.717) is 19.7 Å². The third-order valence-corrected chi connectivity index (χ3v) is 5.64. The van der Waals surface area contributed by atoms with E-state index >= 15 is 0 Å². The smallest absolute Gasteiger partial charge is 0.228 e. The zero-order valence-electron chi connectivity index (χ0n) is 16.7. The number of hydrogen-bond donors (Lipinski definition) is 1. The number of anilines is 1. The first kappa shape index (κ1) is 19.5. The lowest BCUT2D eigenvalue weighted by Crippen LogP contribution is -2.49. The van der Waals surface area contributed by atoms with Crippen LogP contribution in [0, 0.1) is 5.92 Å². The van der Waals surface area contributed by atoms with E-state index in [0.717, 1.165) is 30.1 Å². The van der Waals surface area contributed by atoms with Crippen LogP contribution >= 0.6 is 0 Å². The SMILES string of the molecule is CCOc1ccc(N2C(=O)C[C@H](C(=O)N3CCNCC3)[C@H]2c2ccccc2)cc1. The molecular weight excluding hydrogens is 366 g/mol. The monoisotopic (exact) mass is 393 g/mol. The van der Waals surface area contributed by atoms with Crippen molar-refractivity contribution in [2.24, 2.45) is 5.92 Å². The molecule has 2 heterocycles. The van der Waals surface area contributed by atoms with Crippen LogP contribution in [0.2, 0.25) is 0 Å². The first-order valence-electron chi connectivity index (χ1n) is 10.3. The van der Waals surface area contributed by atoms with E-state index in [-0.39, 0.29) is 30.2 Å². The van der Waals surface area contributed by atoms with Crippen LogP contribution in [0.15, 0.2) is 54.6 Å². The Hall–Kier alpha value is -2.86. The predicted molar refractivity (Wildman–Crippen MR) is 112 cm³/mol. The molecule has 2 aliphatic heterocycles. The molecule has 2 aromatic carbocycles. The van der Waals surface area contributed by atoms with Gasteiger partial charge in [-0.05, 0) is 36.8 Å². The Bertz CT molecular complexity index is 847. The summed E-state index contributed by atoms with van der Waals surface area (Å²) in [6.45, 7) is 5.50. The number of amides is 2. The zero-order chi connectivity index (χ0) is 20.2. The van der Waals surface area contributed by atoms with Crippen LogP contribution in [-0.4, -0.2) is 49.5 Å². The molecule has 2 saturated heterocycles. The molecule has 0 aliphatic carbocycles. The first-order valence-corrected chi connectivity index (χ1v) is 10.3. The van der Waals surface area contributed by atoms with Crippen LogP contribution < -0.4 is 15.0 Å². The minimum atomic E-state index is -0.380. The fraction of sp³-hybridized carbons (Fsp3) is 0.391. The van der Waals surface area contributed by atoms with E-state index in [9.17, 15) is 9.59 Å². The number of piperazine rings is 1. The minimum Gasteiger partial charge on any atom is -0.494 e. The Morgan fingerprint density at radius 1 is 1.07 bits per heavy atom. The van der Waals surface area contributed by atoms with Crippen LogP contribution in [-0.2, 0) is 9.59 Å². The Kier molecular flexibility index (Phi) is 5.81. The summed E-state index contributed by atoms with van der Waals surface area (Å²) in [5.74, 6) is 0.445. The molecule has 0 saturated carbocycles. The van der Waals surface area contributed by atoms with E-state index in [4.69, 9.17) is 4.74 Å². The van der Waals surface area contributed by atoms with Crippen molar-refractivity contribution in [3.05, 3.63) is 60.2 Å². The van der Waals surface area contributed by atoms with Gasteiger partial charge in [0.1, 0.15) is 5.75 Å². The first-order chi connectivity index (χ1) is 14.2. The third kappa shape index (κ3) is 3.98. The van der Waals surface area contributed by atoms with Crippen molar-refractivity contribution in [1.29, 1.82) is 0 Å². The number of nitrogens with zero attached hydrogens (tertiary/aromatic N) is 2. The molecule has 2 aliphatic rings. The molecular formula is C23H27N3O3. The number of carbonyl (C=O) groups excluding carboxylic acids is 2. The summed E-state index contributed by atoms with van der Waals surface area (Å²) < 4.78 is 5.53. The van der Waals surface area contributed by atoms with Crippen LogP contribution in [0.1, 0.15) is 24.9 Å². The van der Waals surface area contributed by atoms with Crippen LogP contribution in [0.5, 0.6) is 5.75 Å². The largest absolute Gasteiger partial charge is 0.494 e. The lowest BCUT2D eigenvalue weighted by molar-refractivity contribution is -0.137. The summed E-state index contributed by atoms with van der Waals surface area (Å²) >= 11 is 0. The van der Waals surface area contributed by atoms with Gasteiger partial charge in [-0.1, -0.05) is 30.3 Å². The summed E-state index contributed by atoms with van der Waals surface area (Å²) in [6, 6.07) is 17.1. The minimum absolute atomic E-state index is 0.0171. The molecule has 0 radical (unpaired) electrons. The summed E-state index contributed by atoms with van der Waals surface area (Å²) in [6.07, 6.45) is 0.232. The molecule has 0 spiro atoms. The van der Waals surface area contributed by atoms with E-state index < -0.39 is 0 Å². The second-order valence-corrected chi connectivity index (χ2v) is 7.43. The third-order valence-electron chi connectivity index (χ3n) is 5.64. The van der Waals surface area contributed by atoms with Gasteiger partial charge in [-0.2, -0.15) is 0 Å². The topological polar surface area (TPSA) is 61.9 Å². The molecule has 0 unspecified atom stereocenters. The van der Waals surface area contributed by atoms with Crippen molar-refractivity contribution < 1.29 is 14.3 Å². The number of nitrogens with one attached hydrogen (secondary N) is 1. The number of rotatable bonds is 5. The van der Waals surface area contributed by atoms with Gasteiger partial charge < -0.3 is 19.9 Å². The quantitative estimate of drug-likeness (QED) is 0.848. The molecule has 0 bridgehead atoms. The highest BCUT2D eigenvalue weighted by atomic mass is 16.5. The van der Waals surface area contributed by atoms with Gasteiger partial charge in [0, 0.05) is 38.3 Å². The highest BCUT2D eigenvalue weighted by molar-refractivity contribution is 6.01. The average molecular weight is 393 g/mol. The van der Waals surface area contributed by atoms with E-state index in [1.165, 1.54) is 0 Å². The number of carbonyl (C=O) groups is 2. The van der Waals surface area contributed by atoms with Crippen molar-refractivity contribution in [2.75, 3.05) is 37.7 Å². The molecule has 2 atom stereocenters. The second-order valence-electron chi connectivity index (χ2n) is 7.43. The molecule has 6 nitrogen and oxygen atoms in total. The van der Waals surface area contributed by atoms with Crippen molar-refractivity contribution in [2.45, 2.75) is 19.4 Å². The van der Waals surface area contributed by atoms with Gasteiger partial charge in [0.15, 0.2) is 0 Å². The molecule has 6 heteroatoms. The summed E-state index contributed by atoms with van der Waals surface area (Å²) in [4.78, 5) is 30.1.